The van der Waals surface area contributed by atoms with Crippen molar-refractivity contribution in [3.8, 4) is 0 Å². The predicted octanol–water partition coefficient (Wildman–Crippen LogP) is 2.64. The molecule has 0 spiro atoms. The van der Waals surface area contributed by atoms with E-state index in [2.05, 4.69) is 38.2 Å². The molecule has 1 atom stereocenters. The highest BCUT2D eigenvalue weighted by atomic mass is 16.3. The molecule has 94 valence electrons. The third-order valence-corrected chi connectivity index (χ3v) is 3.62. The number of hydrogen-bond acceptors (Lipinski definition) is 2. The lowest BCUT2D eigenvalue weighted by atomic mass is 9.94. The first-order valence-electron chi connectivity index (χ1n) is 6.53. The maximum Gasteiger partial charge on any atom is 0.0626 e. The van der Waals surface area contributed by atoms with Gasteiger partial charge in [-0.1, -0.05) is 17.7 Å². The summed E-state index contributed by atoms with van der Waals surface area (Å²) >= 11 is 0. The van der Waals surface area contributed by atoms with Gasteiger partial charge >= 0.3 is 0 Å². The average molecular weight is 233 g/mol. The van der Waals surface area contributed by atoms with Crippen molar-refractivity contribution in [1.82, 2.24) is 5.32 Å². The Morgan fingerprint density at radius 1 is 1.24 bits per heavy atom. The summed E-state index contributed by atoms with van der Waals surface area (Å²) in [5, 5.41) is 13.1. The third kappa shape index (κ3) is 3.08. The normalized spacial score (nSPS) is 17.2. The summed E-state index contributed by atoms with van der Waals surface area (Å²) in [5.41, 5.74) is 5.14. The van der Waals surface area contributed by atoms with Gasteiger partial charge in [-0.25, -0.2) is 0 Å². The van der Waals surface area contributed by atoms with E-state index in [0.717, 1.165) is 12.5 Å². The molecule has 0 aromatic heterocycles. The van der Waals surface area contributed by atoms with Gasteiger partial charge in [-0.05, 0) is 62.8 Å². The van der Waals surface area contributed by atoms with Crippen LogP contribution >= 0.6 is 0 Å². The van der Waals surface area contributed by atoms with E-state index in [4.69, 9.17) is 0 Å². The summed E-state index contributed by atoms with van der Waals surface area (Å²) in [6, 6.07) is 4.49. The molecule has 1 aliphatic carbocycles. The average Bonchev–Trinajstić information content (AvgIpc) is 3.05. The van der Waals surface area contributed by atoms with Gasteiger partial charge in [-0.2, -0.15) is 0 Å². The molecule has 1 unspecified atom stereocenters. The van der Waals surface area contributed by atoms with Gasteiger partial charge in [-0.15, -0.1) is 0 Å². The van der Waals surface area contributed by atoms with E-state index in [0.29, 0.717) is 0 Å². The van der Waals surface area contributed by atoms with Crippen molar-refractivity contribution in [3.63, 3.8) is 0 Å². The van der Waals surface area contributed by atoms with Crippen LogP contribution in [-0.2, 0) is 0 Å². The Bertz CT molecular complexity index is 373. The van der Waals surface area contributed by atoms with Crippen molar-refractivity contribution in [3.05, 3.63) is 34.4 Å². The summed E-state index contributed by atoms with van der Waals surface area (Å²) in [7, 11) is 0. The van der Waals surface area contributed by atoms with Crippen molar-refractivity contribution in [2.75, 3.05) is 13.2 Å². The van der Waals surface area contributed by atoms with Crippen LogP contribution in [-0.4, -0.2) is 18.3 Å². The molecule has 0 saturated heterocycles. The minimum Gasteiger partial charge on any atom is -0.394 e. The van der Waals surface area contributed by atoms with Crippen LogP contribution in [0.3, 0.4) is 0 Å². The smallest absolute Gasteiger partial charge is 0.0626 e. The lowest BCUT2D eigenvalue weighted by Gasteiger charge is -2.21. The van der Waals surface area contributed by atoms with Crippen molar-refractivity contribution in [2.45, 2.75) is 39.7 Å². The zero-order chi connectivity index (χ0) is 12.4. The second-order valence-electron chi connectivity index (χ2n) is 5.40. The molecule has 0 aliphatic heterocycles. The SMILES string of the molecule is Cc1cc(C)c(C(CO)NCC2CC2)c(C)c1. The molecule has 2 nitrogen and oxygen atoms in total. The number of hydrogen-bond donors (Lipinski definition) is 2. The van der Waals surface area contributed by atoms with Crippen molar-refractivity contribution in [2.24, 2.45) is 5.92 Å². The van der Waals surface area contributed by atoms with E-state index in [-0.39, 0.29) is 12.6 Å². The molecule has 1 aromatic carbocycles. The largest absolute Gasteiger partial charge is 0.394 e. The molecule has 0 heterocycles. The quantitative estimate of drug-likeness (QED) is 0.819. The van der Waals surface area contributed by atoms with Gasteiger partial charge in [0, 0.05) is 0 Å². The highest BCUT2D eigenvalue weighted by molar-refractivity contribution is 5.39. The molecule has 2 heteroatoms. The van der Waals surface area contributed by atoms with E-state index in [9.17, 15) is 5.11 Å². The molecule has 1 fully saturated rings. The minimum absolute atomic E-state index is 0.0937. The fourth-order valence-electron chi connectivity index (χ4n) is 2.63. The first-order valence-corrected chi connectivity index (χ1v) is 6.53. The van der Waals surface area contributed by atoms with E-state index in [1.807, 2.05) is 0 Å². The van der Waals surface area contributed by atoms with E-state index < -0.39 is 0 Å². The molecule has 2 rings (SSSR count). The molecule has 0 amide bonds. The minimum atomic E-state index is 0.0937. The molecule has 0 radical (unpaired) electrons. The van der Waals surface area contributed by atoms with E-state index >= 15 is 0 Å². The molecule has 1 saturated carbocycles. The van der Waals surface area contributed by atoms with Crippen molar-refractivity contribution >= 4 is 0 Å². The molecular weight excluding hydrogens is 210 g/mol. The Morgan fingerprint density at radius 2 is 1.82 bits per heavy atom. The maximum absolute atomic E-state index is 9.57. The van der Waals surface area contributed by atoms with Gasteiger partial charge in [0.2, 0.25) is 0 Å². The Morgan fingerprint density at radius 3 is 2.29 bits per heavy atom. The highest BCUT2D eigenvalue weighted by Crippen LogP contribution is 2.29. The van der Waals surface area contributed by atoms with Gasteiger partial charge in [-0.3, -0.25) is 0 Å². The van der Waals surface area contributed by atoms with Crippen LogP contribution in [0.1, 0.15) is 41.1 Å². The fraction of sp³-hybridized carbons (Fsp3) is 0.600. The summed E-state index contributed by atoms with van der Waals surface area (Å²) in [6.07, 6.45) is 2.69. The Labute approximate surface area is 104 Å². The lowest BCUT2D eigenvalue weighted by Crippen LogP contribution is -2.27. The number of aliphatic hydroxyl groups excluding tert-OH is 1. The standard InChI is InChI=1S/C15H23NO/c1-10-6-11(2)15(12(3)7-10)14(9-17)16-8-13-4-5-13/h6-7,13-14,16-17H,4-5,8-9H2,1-3H3. The van der Waals surface area contributed by atoms with Crippen molar-refractivity contribution in [1.29, 1.82) is 0 Å². The number of rotatable bonds is 5. The van der Waals surface area contributed by atoms with Crippen LogP contribution in [0.15, 0.2) is 12.1 Å². The van der Waals surface area contributed by atoms with Gasteiger partial charge < -0.3 is 10.4 Å². The first kappa shape index (κ1) is 12.6. The fourth-order valence-corrected chi connectivity index (χ4v) is 2.63. The van der Waals surface area contributed by atoms with E-state index in [1.165, 1.54) is 35.1 Å². The summed E-state index contributed by atoms with van der Waals surface area (Å²) in [5.74, 6) is 0.843. The van der Waals surface area contributed by atoms with Crippen LogP contribution in [0, 0.1) is 26.7 Å². The van der Waals surface area contributed by atoms with Gasteiger partial charge in [0.15, 0.2) is 0 Å². The van der Waals surface area contributed by atoms with Crippen LogP contribution in [0.2, 0.25) is 0 Å². The molecule has 1 aromatic rings. The lowest BCUT2D eigenvalue weighted by molar-refractivity contribution is 0.242. The monoisotopic (exact) mass is 233 g/mol. The zero-order valence-electron chi connectivity index (χ0n) is 11.1. The number of benzene rings is 1. The Balaban J connectivity index is 2.16. The van der Waals surface area contributed by atoms with Crippen LogP contribution in [0.25, 0.3) is 0 Å². The molecule has 1 aliphatic rings. The first-order chi connectivity index (χ1) is 8.11. The topological polar surface area (TPSA) is 32.3 Å². The summed E-state index contributed by atoms with van der Waals surface area (Å²) < 4.78 is 0. The highest BCUT2D eigenvalue weighted by Gasteiger charge is 2.23. The number of aliphatic hydroxyl groups is 1. The molecule has 17 heavy (non-hydrogen) atoms. The second-order valence-corrected chi connectivity index (χ2v) is 5.40. The zero-order valence-corrected chi connectivity index (χ0v) is 11.1. The molecule has 0 bridgehead atoms. The van der Waals surface area contributed by atoms with E-state index in [1.54, 1.807) is 0 Å². The molecular formula is C15H23NO. The van der Waals surface area contributed by atoms with Gasteiger partial charge in [0.1, 0.15) is 0 Å². The van der Waals surface area contributed by atoms with Crippen molar-refractivity contribution < 1.29 is 5.11 Å². The maximum atomic E-state index is 9.57. The Kier molecular flexibility index (Phi) is 3.85. The molecule has 2 N–H and O–H groups in total. The van der Waals surface area contributed by atoms with Gasteiger partial charge in [0.05, 0.1) is 12.6 Å². The third-order valence-electron chi connectivity index (χ3n) is 3.62. The summed E-state index contributed by atoms with van der Waals surface area (Å²) in [4.78, 5) is 0. The van der Waals surface area contributed by atoms with Gasteiger partial charge in [0.25, 0.3) is 0 Å². The van der Waals surface area contributed by atoms with Crippen LogP contribution in [0.5, 0.6) is 0 Å². The van der Waals surface area contributed by atoms with Crippen LogP contribution < -0.4 is 5.32 Å². The number of nitrogens with one attached hydrogen (secondary N) is 1. The number of aryl methyl sites for hydroxylation is 3. The summed E-state index contributed by atoms with van der Waals surface area (Å²) in [6.45, 7) is 7.61. The Hall–Kier alpha value is -0.860. The second kappa shape index (κ2) is 5.19. The predicted molar refractivity (Wildman–Crippen MR) is 71.2 cm³/mol. The van der Waals surface area contributed by atoms with Crippen LogP contribution in [0.4, 0.5) is 0 Å².